The van der Waals surface area contributed by atoms with Crippen LogP contribution in [0.3, 0.4) is 0 Å². The van der Waals surface area contributed by atoms with E-state index in [2.05, 4.69) is 0 Å². The molecule has 100 valence electrons. The summed E-state index contributed by atoms with van der Waals surface area (Å²) in [6, 6.07) is 0. The average molecular weight is 263 g/mol. The van der Waals surface area contributed by atoms with Gasteiger partial charge in [-0.2, -0.15) is 0 Å². The van der Waals surface area contributed by atoms with Gasteiger partial charge in [-0.3, -0.25) is 4.79 Å². The lowest BCUT2D eigenvalue weighted by atomic mass is 9.98. The number of hydrogen-bond donors (Lipinski definition) is 1. The van der Waals surface area contributed by atoms with Crippen molar-refractivity contribution >= 4 is 15.7 Å². The molecule has 6 heteroatoms. The van der Waals surface area contributed by atoms with Crippen LogP contribution in [0, 0.1) is 0 Å². The van der Waals surface area contributed by atoms with Gasteiger partial charge < -0.3 is 10.0 Å². The molecule has 1 fully saturated rings. The van der Waals surface area contributed by atoms with Crippen molar-refractivity contribution in [1.82, 2.24) is 4.90 Å². The van der Waals surface area contributed by atoms with Crippen molar-refractivity contribution in [2.24, 2.45) is 0 Å². The molecule has 1 N–H and O–H groups in total. The first-order valence-electron chi connectivity index (χ1n) is 5.87. The first-order chi connectivity index (χ1) is 7.70. The zero-order valence-electron chi connectivity index (χ0n) is 10.5. The van der Waals surface area contributed by atoms with Gasteiger partial charge in [-0.1, -0.05) is 0 Å². The quantitative estimate of drug-likeness (QED) is 0.788. The highest BCUT2D eigenvalue weighted by molar-refractivity contribution is 7.90. The van der Waals surface area contributed by atoms with Gasteiger partial charge in [0.15, 0.2) is 0 Å². The summed E-state index contributed by atoms with van der Waals surface area (Å²) in [4.78, 5) is 13.4. The van der Waals surface area contributed by atoms with Gasteiger partial charge in [0.2, 0.25) is 5.91 Å². The number of likely N-dealkylation sites (tertiary alicyclic amines) is 1. The van der Waals surface area contributed by atoms with Crippen molar-refractivity contribution in [2.45, 2.75) is 38.2 Å². The molecule has 0 saturated carbocycles. The normalized spacial score (nSPS) is 26.6. The highest BCUT2D eigenvalue weighted by atomic mass is 32.2. The lowest BCUT2D eigenvalue weighted by Gasteiger charge is -2.22. The Morgan fingerprint density at radius 2 is 2.00 bits per heavy atom. The van der Waals surface area contributed by atoms with E-state index < -0.39 is 15.4 Å². The standard InChI is InChI=1S/C11H21NO4S/c1-11(14)5-3-7-12(8-6-11)10(13)4-9-17(2,15)16/h14H,3-9H2,1-2H3. The van der Waals surface area contributed by atoms with Gasteiger partial charge >= 0.3 is 0 Å². The van der Waals surface area contributed by atoms with Gasteiger partial charge in [-0.05, 0) is 26.2 Å². The third-order valence-corrected chi connectivity index (χ3v) is 4.05. The van der Waals surface area contributed by atoms with Gasteiger partial charge in [0.1, 0.15) is 9.84 Å². The molecular weight excluding hydrogens is 242 g/mol. The van der Waals surface area contributed by atoms with Crippen LogP contribution in [0.5, 0.6) is 0 Å². The third-order valence-electron chi connectivity index (χ3n) is 3.10. The summed E-state index contributed by atoms with van der Waals surface area (Å²) in [5.41, 5.74) is -0.703. The lowest BCUT2D eigenvalue weighted by Crippen LogP contribution is -2.34. The maximum Gasteiger partial charge on any atom is 0.223 e. The Morgan fingerprint density at radius 1 is 1.35 bits per heavy atom. The number of rotatable bonds is 3. The second kappa shape index (κ2) is 5.35. The second-order valence-electron chi connectivity index (χ2n) is 5.11. The van der Waals surface area contributed by atoms with Crippen molar-refractivity contribution in [1.29, 1.82) is 0 Å². The van der Waals surface area contributed by atoms with Crippen LogP contribution in [0.25, 0.3) is 0 Å². The Kier molecular flexibility index (Phi) is 4.55. The van der Waals surface area contributed by atoms with Gasteiger partial charge in [0.05, 0.1) is 11.4 Å². The number of carbonyl (C=O) groups is 1. The predicted octanol–water partition coefficient (Wildman–Crippen LogP) is 0.185. The number of amides is 1. The minimum atomic E-state index is -3.09. The van der Waals surface area contributed by atoms with Crippen LogP contribution < -0.4 is 0 Å². The van der Waals surface area contributed by atoms with Crippen LogP contribution in [0.4, 0.5) is 0 Å². The highest BCUT2D eigenvalue weighted by Crippen LogP contribution is 2.21. The first kappa shape index (κ1) is 14.4. The number of sulfone groups is 1. The van der Waals surface area contributed by atoms with E-state index in [9.17, 15) is 18.3 Å². The molecule has 5 nitrogen and oxygen atoms in total. The van der Waals surface area contributed by atoms with E-state index in [0.717, 1.165) is 12.7 Å². The van der Waals surface area contributed by atoms with Crippen molar-refractivity contribution in [3.63, 3.8) is 0 Å². The van der Waals surface area contributed by atoms with Gasteiger partial charge in [-0.15, -0.1) is 0 Å². The Balaban J connectivity index is 2.48. The number of aliphatic hydroxyl groups is 1. The Hall–Kier alpha value is -0.620. The summed E-state index contributed by atoms with van der Waals surface area (Å²) < 4.78 is 22.0. The molecule has 0 bridgehead atoms. The summed E-state index contributed by atoms with van der Waals surface area (Å²) in [6.07, 6.45) is 3.17. The van der Waals surface area contributed by atoms with Crippen LogP contribution in [0.15, 0.2) is 0 Å². The van der Waals surface area contributed by atoms with E-state index in [1.165, 1.54) is 0 Å². The maximum atomic E-state index is 11.8. The van der Waals surface area contributed by atoms with Gasteiger partial charge in [0.25, 0.3) is 0 Å². The minimum Gasteiger partial charge on any atom is -0.390 e. The van der Waals surface area contributed by atoms with E-state index >= 15 is 0 Å². The minimum absolute atomic E-state index is 0.0426. The smallest absolute Gasteiger partial charge is 0.223 e. The van der Waals surface area contributed by atoms with E-state index in [1.54, 1.807) is 11.8 Å². The van der Waals surface area contributed by atoms with Crippen molar-refractivity contribution < 1.29 is 18.3 Å². The molecule has 1 aliphatic heterocycles. The maximum absolute atomic E-state index is 11.8. The molecule has 1 heterocycles. The first-order valence-corrected chi connectivity index (χ1v) is 7.94. The number of hydrogen-bond acceptors (Lipinski definition) is 4. The largest absolute Gasteiger partial charge is 0.390 e. The summed E-state index contributed by atoms with van der Waals surface area (Å²) in [5.74, 6) is -0.230. The average Bonchev–Trinajstić information content (AvgIpc) is 2.35. The Labute approximate surface area is 103 Å². The highest BCUT2D eigenvalue weighted by Gasteiger charge is 2.27. The third kappa shape index (κ3) is 5.50. The Bertz CT molecular complexity index is 375. The van der Waals surface area contributed by atoms with Crippen LogP contribution in [-0.2, 0) is 14.6 Å². The number of carbonyl (C=O) groups excluding carboxylic acids is 1. The molecule has 0 aromatic carbocycles. The molecule has 0 spiro atoms. The fourth-order valence-corrected chi connectivity index (χ4v) is 2.49. The molecule has 1 rings (SSSR count). The zero-order valence-corrected chi connectivity index (χ0v) is 11.3. The molecule has 1 unspecified atom stereocenters. The second-order valence-corrected chi connectivity index (χ2v) is 7.37. The SMILES string of the molecule is CC1(O)CCCN(C(=O)CCS(C)(=O)=O)CC1. The molecule has 0 aromatic rings. The summed E-state index contributed by atoms with van der Waals surface area (Å²) >= 11 is 0. The van der Waals surface area contributed by atoms with Crippen molar-refractivity contribution in [3.05, 3.63) is 0 Å². The summed E-state index contributed by atoms with van der Waals surface area (Å²) in [6.45, 7) is 2.89. The lowest BCUT2D eigenvalue weighted by molar-refractivity contribution is -0.130. The van der Waals surface area contributed by atoms with Gasteiger partial charge in [-0.25, -0.2) is 8.42 Å². The molecule has 1 saturated heterocycles. The molecule has 0 radical (unpaired) electrons. The molecule has 1 atom stereocenters. The fraction of sp³-hybridized carbons (Fsp3) is 0.909. The molecule has 0 aliphatic carbocycles. The zero-order chi connectivity index (χ0) is 13.1. The van der Waals surface area contributed by atoms with Crippen LogP contribution in [0.2, 0.25) is 0 Å². The molecule has 1 amide bonds. The Morgan fingerprint density at radius 3 is 2.59 bits per heavy atom. The molecule has 1 aliphatic rings. The van der Waals surface area contributed by atoms with E-state index in [4.69, 9.17) is 0 Å². The molecule has 0 aromatic heterocycles. The van der Waals surface area contributed by atoms with Gasteiger partial charge in [0, 0.05) is 25.8 Å². The summed E-state index contributed by atoms with van der Waals surface area (Å²) in [7, 11) is -3.09. The molecular formula is C11H21NO4S. The van der Waals surface area contributed by atoms with E-state index in [0.29, 0.717) is 25.9 Å². The topological polar surface area (TPSA) is 74.7 Å². The predicted molar refractivity (Wildman–Crippen MR) is 65.4 cm³/mol. The summed E-state index contributed by atoms with van der Waals surface area (Å²) in [5, 5.41) is 9.88. The fourth-order valence-electron chi connectivity index (χ4n) is 1.94. The van der Waals surface area contributed by atoms with Crippen LogP contribution in [-0.4, -0.2) is 55.0 Å². The number of nitrogens with zero attached hydrogens (tertiary/aromatic N) is 1. The van der Waals surface area contributed by atoms with E-state index in [-0.39, 0.29) is 18.1 Å². The van der Waals surface area contributed by atoms with Crippen LogP contribution in [0.1, 0.15) is 32.6 Å². The van der Waals surface area contributed by atoms with E-state index in [1.807, 2.05) is 0 Å². The molecule has 17 heavy (non-hydrogen) atoms. The van der Waals surface area contributed by atoms with Crippen molar-refractivity contribution in [2.75, 3.05) is 25.1 Å². The van der Waals surface area contributed by atoms with Crippen LogP contribution >= 0.6 is 0 Å². The monoisotopic (exact) mass is 263 g/mol. The van der Waals surface area contributed by atoms with Crippen molar-refractivity contribution in [3.8, 4) is 0 Å².